The van der Waals surface area contributed by atoms with Gasteiger partial charge in [-0.2, -0.15) is 0 Å². The van der Waals surface area contributed by atoms with E-state index in [2.05, 4.69) is 15.5 Å². The number of benzene rings is 1. The first-order chi connectivity index (χ1) is 12.9. The Balaban J connectivity index is 2.01. The molecule has 150 valence electrons. The third-order valence-corrected chi connectivity index (χ3v) is 4.74. The van der Waals surface area contributed by atoms with Crippen molar-refractivity contribution in [2.45, 2.75) is 44.3 Å². The Hall–Kier alpha value is -2.91. The van der Waals surface area contributed by atoms with Crippen LogP contribution in [0.1, 0.15) is 42.1 Å². The van der Waals surface area contributed by atoms with Gasteiger partial charge in [0.25, 0.3) is 11.8 Å². The van der Waals surface area contributed by atoms with Crippen LogP contribution in [0.4, 0.5) is 23.2 Å². The molecule has 6 nitrogen and oxygen atoms in total. The van der Waals surface area contributed by atoms with Gasteiger partial charge in [0.05, 0.1) is 12.1 Å². The first-order valence-corrected chi connectivity index (χ1v) is 8.33. The average molecular weight is 398 g/mol. The van der Waals surface area contributed by atoms with Crippen molar-refractivity contribution in [1.29, 1.82) is 0 Å². The lowest BCUT2D eigenvalue weighted by atomic mass is 9.77. The molecule has 0 saturated carbocycles. The second-order valence-corrected chi connectivity index (χ2v) is 7.13. The number of nitrogens with one attached hydrogen (secondary N) is 1. The quantitative estimate of drug-likeness (QED) is 0.771. The molecule has 1 aliphatic rings. The molecule has 0 bridgehead atoms. The van der Waals surface area contributed by atoms with Crippen molar-refractivity contribution in [2.24, 2.45) is 10.7 Å². The summed E-state index contributed by atoms with van der Waals surface area (Å²) in [6.07, 6.45) is -1.25. The second-order valence-electron chi connectivity index (χ2n) is 7.13. The number of alkyl halides is 3. The van der Waals surface area contributed by atoms with Gasteiger partial charge in [0.15, 0.2) is 11.2 Å². The average Bonchev–Trinajstić information content (AvgIpc) is 3.01. The minimum Gasteiger partial charge on any atom is -0.385 e. The predicted molar refractivity (Wildman–Crippen MR) is 93.6 cm³/mol. The van der Waals surface area contributed by atoms with Gasteiger partial charge in [-0.25, -0.2) is 17.6 Å². The van der Waals surface area contributed by atoms with Gasteiger partial charge >= 0.3 is 0 Å². The molecule has 1 aliphatic heterocycles. The maximum absolute atomic E-state index is 14.8. The van der Waals surface area contributed by atoms with E-state index >= 15 is 0 Å². The molecule has 28 heavy (non-hydrogen) atoms. The van der Waals surface area contributed by atoms with Gasteiger partial charge in [-0.15, -0.1) is 0 Å². The lowest BCUT2D eigenvalue weighted by Crippen LogP contribution is -2.56. The molecule has 2 heterocycles. The molecule has 3 rings (SSSR count). The number of aliphatic imine (C=N–C) groups is 1. The van der Waals surface area contributed by atoms with Gasteiger partial charge in [0.1, 0.15) is 11.7 Å². The Morgan fingerprint density at radius 1 is 1.25 bits per heavy atom. The monoisotopic (exact) mass is 398 g/mol. The molecule has 0 unspecified atom stereocenters. The standard InChI is InChI=1S/C18H18F4N4O2/c1-9-6-13(28-26-9)14(27)24-10-4-5-12(19)11(7-10)17(3)18(21,22)8-16(2,20)15(23)25-17/h4-7H,8H2,1-3H3,(H2,23,25)(H,24,27)/t16-,17-/m1/s1. The number of nitrogens with zero attached hydrogens (tertiary/aromatic N) is 2. The van der Waals surface area contributed by atoms with E-state index in [1.807, 2.05) is 0 Å². The minimum atomic E-state index is -3.73. The van der Waals surface area contributed by atoms with E-state index < -0.39 is 46.7 Å². The fraction of sp³-hybridized carbons (Fsp3) is 0.389. The van der Waals surface area contributed by atoms with E-state index in [1.54, 1.807) is 6.92 Å². The number of amides is 1. The fourth-order valence-electron chi connectivity index (χ4n) is 3.02. The second kappa shape index (κ2) is 6.32. The summed E-state index contributed by atoms with van der Waals surface area (Å²) in [6.45, 7) is 3.48. The van der Waals surface area contributed by atoms with Gasteiger partial charge in [-0.1, -0.05) is 5.16 Å². The van der Waals surface area contributed by atoms with Crippen LogP contribution in [0.5, 0.6) is 0 Å². The number of carbonyl (C=O) groups excluding carboxylic acids is 1. The van der Waals surface area contributed by atoms with E-state index in [9.17, 15) is 22.4 Å². The lowest BCUT2D eigenvalue weighted by Gasteiger charge is -2.42. The van der Waals surface area contributed by atoms with E-state index in [0.29, 0.717) is 5.69 Å². The molecule has 0 saturated heterocycles. The van der Waals surface area contributed by atoms with Crippen LogP contribution in [0.3, 0.4) is 0 Å². The Kier molecular flexibility index (Phi) is 4.48. The molecule has 1 aromatic carbocycles. The Morgan fingerprint density at radius 2 is 1.93 bits per heavy atom. The molecular formula is C18H18F4N4O2. The van der Waals surface area contributed by atoms with Crippen LogP contribution < -0.4 is 11.1 Å². The first kappa shape index (κ1) is 19.8. The topological polar surface area (TPSA) is 93.5 Å². The van der Waals surface area contributed by atoms with Crippen LogP contribution in [0, 0.1) is 12.7 Å². The zero-order valence-corrected chi connectivity index (χ0v) is 15.3. The van der Waals surface area contributed by atoms with E-state index in [0.717, 1.165) is 26.0 Å². The molecule has 1 amide bonds. The summed E-state index contributed by atoms with van der Waals surface area (Å²) in [4.78, 5) is 15.8. The van der Waals surface area contributed by atoms with Crippen LogP contribution in [0.15, 0.2) is 33.8 Å². The van der Waals surface area contributed by atoms with Crippen molar-refractivity contribution in [1.82, 2.24) is 5.16 Å². The van der Waals surface area contributed by atoms with E-state index in [-0.39, 0.29) is 11.4 Å². The van der Waals surface area contributed by atoms with Crippen LogP contribution in [-0.2, 0) is 5.54 Å². The number of aromatic nitrogens is 1. The summed E-state index contributed by atoms with van der Waals surface area (Å²) in [7, 11) is 0. The molecule has 1 aromatic heterocycles. The summed E-state index contributed by atoms with van der Waals surface area (Å²) < 4.78 is 63.1. The highest BCUT2D eigenvalue weighted by Crippen LogP contribution is 2.50. The van der Waals surface area contributed by atoms with Crippen LogP contribution in [0.25, 0.3) is 0 Å². The molecule has 0 aliphatic carbocycles. The van der Waals surface area contributed by atoms with E-state index in [4.69, 9.17) is 10.3 Å². The number of anilines is 1. The highest BCUT2D eigenvalue weighted by atomic mass is 19.3. The summed E-state index contributed by atoms with van der Waals surface area (Å²) >= 11 is 0. The SMILES string of the molecule is Cc1cc(C(=O)Nc2ccc(F)c([C@@]3(C)N=C(N)[C@](C)(F)CC3(F)F)c2)on1. The number of hydrogen-bond donors (Lipinski definition) is 2. The molecule has 3 N–H and O–H groups in total. The van der Waals surface area contributed by atoms with Gasteiger partial charge in [-0.3, -0.25) is 9.79 Å². The van der Waals surface area contributed by atoms with Crippen molar-refractivity contribution in [3.63, 3.8) is 0 Å². The molecular weight excluding hydrogens is 380 g/mol. The summed E-state index contributed by atoms with van der Waals surface area (Å²) in [5.74, 6) is -6.17. The number of amidine groups is 1. The fourth-order valence-corrected chi connectivity index (χ4v) is 3.02. The largest absolute Gasteiger partial charge is 0.385 e. The number of halogens is 4. The van der Waals surface area contributed by atoms with Gasteiger partial charge in [0.2, 0.25) is 5.76 Å². The third kappa shape index (κ3) is 3.23. The molecule has 0 fully saturated rings. The zero-order valence-electron chi connectivity index (χ0n) is 15.3. The number of aryl methyl sites for hydroxylation is 1. The number of carbonyl (C=O) groups is 1. The normalized spacial score (nSPS) is 26.6. The Labute approximate surface area is 157 Å². The molecule has 10 heteroatoms. The van der Waals surface area contributed by atoms with Gasteiger partial charge < -0.3 is 15.6 Å². The molecule has 0 radical (unpaired) electrons. The predicted octanol–water partition coefficient (Wildman–Crippen LogP) is 3.71. The van der Waals surface area contributed by atoms with Crippen molar-refractivity contribution in [3.05, 3.63) is 47.1 Å². The van der Waals surface area contributed by atoms with Crippen molar-refractivity contribution in [2.75, 3.05) is 5.32 Å². The smallest absolute Gasteiger partial charge is 0.294 e. The lowest BCUT2D eigenvalue weighted by molar-refractivity contribution is -0.106. The zero-order chi connectivity index (χ0) is 20.9. The maximum atomic E-state index is 14.8. The highest BCUT2D eigenvalue weighted by Gasteiger charge is 2.60. The van der Waals surface area contributed by atoms with Gasteiger partial charge in [-0.05, 0) is 39.0 Å². The first-order valence-electron chi connectivity index (χ1n) is 8.33. The van der Waals surface area contributed by atoms with Crippen LogP contribution >= 0.6 is 0 Å². The van der Waals surface area contributed by atoms with Crippen molar-refractivity contribution < 1.29 is 26.9 Å². The molecule has 0 spiro atoms. The van der Waals surface area contributed by atoms with E-state index in [1.165, 1.54) is 12.1 Å². The van der Waals surface area contributed by atoms with Crippen molar-refractivity contribution >= 4 is 17.4 Å². The maximum Gasteiger partial charge on any atom is 0.294 e. The molecule has 2 aromatic rings. The minimum absolute atomic E-state index is 0.0230. The Bertz CT molecular complexity index is 970. The summed E-state index contributed by atoms with van der Waals surface area (Å²) in [5, 5.41) is 5.99. The molecule has 2 atom stereocenters. The third-order valence-electron chi connectivity index (χ3n) is 4.74. The van der Waals surface area contributed by atoms with Gasteiger partial charge in [0, 0.05) is 17.3 Å². The number of hydrogen-bond acceptors (Lipinski definition) is 5. The van der Waals surface area contributed by atoms with Crippen LogP contribution in [-0.4, -0.2) is 28.5 Å². The highest BCUT2D eigenvalue weighted by molar-refractivity contribution is 6.02. The summed E-state index contributed by atoms with van der Waals surface area (Å²) in [6, 6.07) is 4.50. The Morgan fingerprint density at radius 3 is 2.54 bits per heavy atom. The number of nitrogens with two attached hydrogens (primary N) is 1. The van der Waals surface area contributed by atoms with Crippen LogP contribution in [0.2, 0.25) is 0 Å². The van der Waals surface area contributed by atoms with Crippen molar-refractivity contribution in [3.8, 4) is 0 Å². The summed E-state index contributed by atoms with van der Waals surface area (Å²) in [5.41, 5.74) is 0.526. The number of rotatable bonds is 3.